The van der Waals surface area contributed by atoms with Gasteiger partial charge in [0.1, 0.15) is 23.0 Å². The summed E-state index contributed by atoms with van der Waals surface area (Å²) in [7, 11) is 3.47. The molecule has 0 radical (unpaired) electrons. The fourth-order valence-electron chi connectivity index (χ4n) is 7.94. The van der Waals surface area contributed by atoms with Crippen molar-refractivity contribution in [3.05, 3.63) is 113 Å². The smallest absolute Gasteiger partial charge is 0.124 e. The number of aryl methyl sites for hydroxylation is 4. The molecule has 258 valence electrons. The van der Waals surface area contributed by atoms with E-state index < -0.39 is 5.41 Å². The first kappa shape index (κ1) is 37.9. The lowest BCUT2D eigenvalue weighted by Gasteiger charge is -2.45. The summed E-state index contributed by atoms with van der Waals surface area (Å²) in [6, 6.07) is 8.86. The van der Waals surface area contributed by atoms with Gasteiger partial charge in [-0.3, -0.25) is 0 Å². The standard InChI is InChI=1S/C42H52ClIO4/c1-20-15-32(24(5)28(9)37(20)45)36(33-16-21(2)38(46)29(10)25(33)6)41(44)42(19-43,34-17-22(3)39(47-13)30(11)26(34)7)35-18-23(4)40(48-14)31(12)27(35)8/h15-18,36,41,45-46H,19H2,1-14H3. The molecule has 0 aliphatic heterocycles. The van der Waals surface area contributed by atoms with Crippen LogP contribution in [0.15, 0.2) is 24.3 Å². The third-order valence-electron chi connectivity index (χ3n) is 11.3. The number of halogens is 2. The summed E-state index contributed by atoms with van der Waals surface area (Å²) in [5.41, 5.74) is 16.1. The second-order valence-corrected chi connectivity index (χ2v) is 15.4. The van der Waals surface area contributed by atoms with Crippen LogP contribution in [0.3, 0.4) is 0 Å². The van der Waals surface area contributed by atoms with Gasteiger partial charge < -0.3 is 19.7 Å². The largest absolute Gasteiger partial charge is 0.507 e. The summed E-state index contributed by atoms with van der Waals surface area (Å²) in [5.74, 6) is 2.59. The summed E-state index contributed by atoms with van der Waals surface area (Å²) in [6.45, 7) is 25.0. The van der Waals surface area contributed by atoms with Gasteiger partial charge in [-0.05, 0) is 172 Å². The number of phenolic OH excluding ortho intramolecular Hbond substituents is 2. The fourth-order valence-corrected chi connectivity index (χ4v) is 10.3. The molecule has 1 atom stereocenters. The molecule has 4 aromatic rings. The minimum atomic E-state index is -0.692. The van der Waals surface area contributed by atoms with Crippen molar-refractivity contribution in [2.45, 2.75) is 98.3 Å². The van der Waals surface area contributed by atoms with Crippen molar-refractivity contribution in [1.29, 1.82) is 0 Å². The molecule has 6 heteroatoms. The van der Waals surface area contributed by atoms with E-state index >= 15 is 0 Å². The fraction of sp³-hybridized carbons (Fsp3) is 0.429. The topological polar surface area (TPSA) is 58.9 Å². The van der Waals surface area contributed by atoms with Crippen molar-refractivity contribution in [1.82, 2.24) is 0 Å². The highest BCUT2D eigenvalue weighted by Gasteiger charge is 2.48. The van der Waals surface area contributed by atoms with E-state index in [2.05, 4.69) is 102 Å². The molecule has 0 amide bonds. The molecule has 0 spiro atoms. The predicted molar refractivity (Wildman–Crippen MR) is 210 cm³/mol. The van der Waals surface area contributed by atoms with Gasteiger partial charge in [0.25, 0.3) is 0 Å². The van der Waals surface area contributed by atoms with Gasteiger partial charge in [0.05, 0.1) is 14.2 Å². The molecular formula is C42H52ClIO4. The molecule has 0 fully saturated rings. The van der Waals surface area contributed by atoms with E-state index in [1.807, 2.05) is 27.7 Å². The van der Waals surface area contributed by atoms with Gasteiger partial charge in [0.2, 0.25) is 0 Å². The van der Waals surface area contributed by atoms with E-state index in [1.165, 1.54) is 11.1 Å². The van der Waals surface area contributed by atoms with Crippen LogP contribution in [0.4, 0.5) is 0 Å². The highest BCUT2D eigenvalue weighted by atomic mass is 127. The van der Waals surface area contributed by atoms with Gasteiger partial charge >= 0.3 is 0 Å². The zero-order valence-electron chi connectivity index (χ0n) is 31.1. The van der Waals surface area contributed by atoms with Gasteiger partial charge in [-0.15, -0.1) is 11.6 Å². The summed E-state index contributed by atoms with van der Waals surface area (Å²) in [5, 5.41) is 22.1. The Kier molecular flexibility index (Phi) is 11.2. The van der Waals surface area contributed by atoms with Crippen LogP contribution in [-0.4, -0.2) is 34.2 Å². The Morgan fingerprint density at radius 3 is 1.23 bits per heavy atom. The Morgan fingerprint density at radius 2 is 0.917 bits per heavy atom. The predicted octanol–water partition coefficient (Wildman–Crippen LogP) is 11.0. The van der Waals surface area contributed by atoms with Gasteiger partial charge in [-0.1, -0.05) is 46.9 Å². The minimum absolute atomic E-state index is 0.131. The highest BCUT2D eigenvalue weighted by molar-refractivity contribution is 14.1. The molecule has 48 heavy (non-hydrogen) atoms. The molecule has 0 saturated heterocycles. The van der Waals surface area contributed by atoms with Crippen LogP contribution >= 0.6 is 34.2 Å². The lowest BCUT2D eigenvalue weighted by Crippen LogP contribution is -2.45. The molecule has 0 heterocycles. The van der Waals surface area contributed by atoms with E-state index in [4.69, 9.17) is 21.1 Å². The quantitative estimate of drug-likeness (QED) is 0.131. The molecule has 2 N–H and O–H groups in total. The number of phenols is 2. The van der Waals surface area contributed by atoms with Crippen LogP contribution < -0.4 is 9.47 Å². The third kappa shape index (κ3) is 5.87. The monoisotopic (exact) mass is 782 g/mol. The molecule has 4 rings (SSSR count). The summed E-state index contributed by atoms with van der Waals surface area (Å²) < 4.78 is 11.7. The number of aromatic hydroxyl groups is 2. The maximum absolute atomic E-state index is 11.1. The van der Waals surface area contributed by atoms with Crippen LogP contribution in [-0.2, 0) is 5.41 Å². The second kappa shape index (κ2) is 14.1. The number of rotatable bonds is 9. The number of hydrogen-bond acceptors (Lipinski definition) is 4. The van der Waals surface area contributed by atoms with Crippen molar-refractivity contribution in [3.8, 4) is 23.0 Å². The molecule has 0 bridgehead atoms. The molecule has 4 aromatic carbocycles. The first-order chi connectivity index (χ1) is 22.4. The third-order valence-corrected chi connectivity index (χ3v) is 13.5. The Morgan fingerprint density at radius 1 is 0.562 bits per heavy atom. The normalized spacial score (nSPS) is 12.5. The maximum atomic E-state index is 11.1. The molecule has 0 aromatic heterocycles. The first-order valence-corrected chi connectivity index (χ1v) is 18.3. The average Bonchev–Trinajstić information content (AvgIpc) is 3.05. The van der Waals surface area contributed by atoms with Crippen LogP contribution in [0.5, 0.6) is 23.0 Å². The SMILES string of the molecule is COc1c(C)cc(C(CCl)(c2cc(C)c(OC)c(C)c2C)C(I)C(c2cc(C)c(O)c(C)c2C)c2cc(C)c(O)c(C)c2C)c(C)c1C. The van der Waals surface area contributed by atoms with Crippen LogP contribution in [0.1, 0.15) is 94.9 Å². The van der Waals surface area contributed by atoms with Gasteiger partial charge in [0, 0.05) is 21.1 Å². The van der Waals surface area contributed by atoms with Crippen molar-refractivity contribution >= 4 is 34.2 Å². The Bertz CT molecular complexity index is 1780. The van der Waals surface area contributed by atoms with Crippen molar-refractivity contribution in [2.24, 2.45) is 0 Å². The zero-order chi connectivity index (χ0) is 36.2. The number of hydrogen-bond donors (Lipinski definition) is 2. The van der Waals surface area contributed by atoms with E-state index in [1.54, 1.807) is 14.2 Å². The van der Waals surface area contributed by atoms with E-state index in [0.717, 1.165) is 89.4 Å². The Hall–Kier alpha value is -2.90. The van der Waals surface area contributed by atoms with Gasteiger partial charge in [-0.2, -0.15) is 0 Å². The molecular weight excluding hydrogens is 731 g/mol. The summed E-state index contributed by atoms with van der Waals surface area (Å²) in [4.78, 5) is 0. The van der Waals surface area contributed by atoms with E-state index in [0.29, 0.717) is 17.4 Å². The minimum Gasteiger partial charge on any atom is -0.507 e. The van der Waals surface area contributed by atoms with Crippen LogP contribution in [0.2, 0.25) is 0 Å². The maximum Gasteiger partial charge on any atom is 0.124 e. The molecule has 0 aliphatic rings. The molecule has 1 unspecified atom stereocenters. The zero-order valence-corrected chi connectivity index (χ0v) is 34.1. The molecule has 0 aliphatic carbocycles. The number of methoxy groups -OCH3 is 2. The van der Waals surface area contributed by atoms with E-state index in [-0.39, 0.29) is 9.84 Å². The summed E-state index contributed by atoms with van der Waals surface area (Å²) in [6.07, 6.45) is 0. The second-order valence-electron chi connectivity index (χ2n) is 13.8. The molecule has 0 saturated carbocycles. The average molecular weight is 783 g/mol. The number of ether oxygens (including phenoxy) is 2. The van der Waals surface area contributed by atoms with Crippen molar-refractivity contribution in [3.63, 3.8) is 0 Å². The number of alkyl halides is 2. The molecule has 4 nitrogen and oxygen atoms in total. The van der Waals surface area contributed by atoms with Gasteiger partial charge in [0.15, 0.2) is 0 Å². The summed E-state index contributed by atoms with van der Waals surface area (Å²) >= 11 is 10.2. The first-order valence-electron chi connectivity index (χ1n) is 16.5. The lowest BCUT2D eigenvalue weighted by molar-refractivity contribution is 0.405. The van der Waals surface area contributed by atoms with Crippen LogP contribution in [0.25, 0.3) is 0 Å². The highest BCUT2D eigenvalue weighted by Crippen LogP contribution is 2.54. The van der Waals surface area contributed by atoms with Crippen molar-refractivity contribution in [2.75, 3.05) is 20.1 Å². The lowest BCUT2D eigenvalue weighted by atomic mass is 9.63. The Labute approximate surface area is 307 Å². The van der Waals surface area contributed by atoms with Crippen LogP contribution in [0, 0.1) is 83.1 Å². The van der Waals surface area contributed by atoms with Gasteiger partial charge in [-0.25, -0.2) is 0 Å². The number of benzene rings is 4. The van der Waals surface area contributed by atoms with Crippen molar-refractivity contribution < 1.29 is 19.7 Å². The van der Waals surface area contributed by atoms with E-state index in [9.17, 15) is 10.2 Å². The Balaban J connectivity index is 2.30.